The number of fused-ring (bicyclic) bond motifs is 2. The number of anilines is 1. The van der Waals surface area contributed by atoms with Crippen molar-refractivity contribution in [3.63, 3.8) is 0 Å². The molecule has 29 heavy (non-hydrogen) atoms. The van der Waals surface area contributed by atoms with E-state index < -0.39 is 0 Å². The maximum absolute atomic E-state index is 13.2. The number of carbonyl (C=O) groups is 2. The topological polar surface area (TPSA) is 105 Å². The number of benzene rings is 2. The summed E-state index contributed by atoms with van der Waals surface area (Å²) in [5.74, 6) is 0.253. The number of ketones is 2. The standard InChI is InChI=1S/C21H20N6O2/c1-12(22)27(26(2)3)21-24-11-23-20(25-21)16-10-6-9-15-17(16)19(29)14-8-5-4-7-13(14)18(15)28/h4-12H,22H2,1-3H3. The number of rotatable bonds is 4. The van der Waals surface area contributed by atoms with Crippen molar-refractivity contribution in [2.24, 2.45) is 5.73 Å². The zero-order valence-corrected chi connectivity index (χ0v) is 16.3. The van der Waals surface area contributed by atoms with Crippen LogP contribution in [0.3, 0.4) is 0 Å². The van der Waals surface area contributed by atoms with Gasteiger partial charge in [0, 0.05) is 41.9 Å². The number of nitrogens with two attached hydrogens (primary N) is 1. The lowest BCUT2D eigenvalue weighted by atomic mass is 9.82. The summed E-state index contributed by atoms with van der Waals surface area (Å²) in [5.41, 5.74) is 8.00. The highest BCUT2D eigenvalue weighted by Gasteiger charge is 2.32. The van der Waals surface area contributed by atoms with E-state index >= 15 is 0 Å². The average molecular weight is 388 g/mol. The van der Waals surface area contributed by atoms with Crippen LogP contribution in [-0.4, -0.2) is 51.8 Å². The van der Waals surface area contributed by atoms with Crippen molar-refractivity contribution in [1.82, 2.24) is 20.0 Å². The van der Waals surface area contributed by atoms with E-state index in [0.717, 1.165) is 0 Å². The molecular formula is C21H20N6O2. The first kappa shape index (κ1) is 18.9. The highest BCUT2D eigenvalue weighted by molar-refractivity contribution is 6.30. The molecule has 1 aliphatic rings. The Labute approximate surface area is 168 Å². The van der Waals surface area contributed by atoms with E-state index in [4.69, 9.17) is 5.73 Å². The Hall–Kier alpha value is -3.49. The van der Waals surface area contributed by atoms with Gasteiger partial charge in [-0.25, -0.2) is 9.99 Å². The van der Waals surface area contributed by atoms with Gasteiger partial charge in [-0.15, -0.1) is 0 Å². The minimum atomic E-state index is -0.375. The van der Waals surface area contributed by atoms with Crippen LogP contribution in [0.15, 0.2) is 48.8 Å². The van der Waals surface area contributed by atoms with E-state index in [1.165, 1.54) is 6.33 Å². The van der Waals surface area contributed by atoms with Gasteiger partial charge in [-0.2, -0.15) is 9.97 Å². The van der Waals surface area contributed by atoms with Crippen molar-refractivity contribution >= 4 is 17.5 Å². The molecule has 1 aromatic heterocycles. The molecule has 0 spiro atoms. The van der Waals surface area contributed by atoms with Gasteiger partial charge in [0.2, 0.25) is 5.95 Å². The summed E-state index contributed by atoms with van der Waals surface area (Å²) < 4.78 is 0. The molecule has 1 atom stereocenters. The molecule has 0 radical (unpaired) electrons. The Bertz CT molecular complexity index is 1120. The van der Waals surface area contributed by atoms with Crippen LogP contribution in [-0.2, 0) is 0 Å². The third kappa shape index (κ3) is 3.08. The van der Waals surface area contributed by atoms with E-state index in [1.807, 2.05) is 21.0 Å². The zero-order valence-electron chi connectivity index (χ0n) is 16.3. The largest absolute Gasteiger partial charge is 0.310 e. The highest BCUT2D eigenvalue weighted by atomic mass is 16.1. The van der Waals surface area contributed by atoms with Crippen LogP contribution in [0.1, 0.15) is 38.8 Å². The van der Waals surface area contributed by atoms with E-state index in [0.29, 0.717) is 39.6 Å². The fraction of sp³-hybridized carbons (Fsp3) is 0.190. The first-order valence-electron chi connectivity index (χ1n) is 9.13. The van der Waals surface area contributed by atoms with Gasteiger partial charge in [-0.05, 0) is 6.92 Å². The molecule has 1 aliphatic carbocycles. The van der Waals surface area contributed by atoms with Crippen molar-refractivity contribution in [2.75, 3.05) is 19.1 Å². The van der Waals surface area contributed by atoms with Gasteiger partial charge in [0.25, 0.3) is 0 Å². The van der Waals surface area contributed by atoms with Gasteiger partial charge in [-0.3, -0.25) is 14.6 Å². The molecular weight excluding hydrogens is 368 g/mol. The van der Waals surface area contributed by atoms with Crippen LogP contribution in [0, 0.1) is 0 Å². The van der Waals surface area contributed by atoms with Crippen molar-refractivity contribution in [3.05, 3.63) is 71.0 Å². The third-order valence-electron chi connectivity index (χ3n) is 4.77. The molecule has 2 N–H and O–H groups in total. The van der Waals surface area contributed by atoms with E-state index in [9.17, 15) is 9.59 Å². The zero-order chi connectivity index (χ0) is 20.7. The predicted molar refractivity (Wildman–Crippen MR) is 108 cm³/mol. The molecule has 0 saturated carbocycles. The van der Waals surface area contributed by atoms with Gasteiger partial charge in [0.15, 0.2) is 17.4 Å². The summed E-state index contributed by atoms with van der Waals surface area (Å²) in [6.07, 6.45) is 0.999. The number of carbonyl (C=O) groups excluding carboxylic acids is 2. The monoisotopic (exact) mass is 388 g/mol. The van der Waals surface area contributed by atoms with Crippen molar-refractivity contribution in [3.8, 4) is 11.4 Å². The number of aromatic nitrogens is 3. The highest BCUT2D eigenvalue weighted by Crippen LogP contribution is 2.33. The predicted octanol–water partition coefficient (Wildman–Crippen LogP) is 1.90. The maximum Gasteiger partial charge on any atom is 0.245 e. The minimum Gasteiger partial charge on any atom is -0.310 e. The third-order valence-corrected chi connectivity index (χ3v) is 4.77. The first-order chi connectivity index (χ1) is 13.9. The smallest absolute Gasteiger partial charge is 0.245 e. The summed E-state index contributed by atoms with van der Waals surface area (Å²) in [7, 11) is 3.66. The van der Waals surface area contributed by atoms with Gasteiger partial charge < -0.3 is 5.73 Å². The van der Waals surface area contributed by atoms with Crippen LogP contribution in [0.4, 0.5) is 5.95 Å². The lowest BCUT2D eigenvalue weighted by Gasteiger charge is -2.32. The molecule has 3 aromatic rings. The lowest BCUT2D eigenvalue weighted by Crippen LogP contribution is -2.49. The van der Waals surface area contributed by atoms with E-state index in [2.05, 4.69) is 15.0 Å². The van der Waals surface area contributed by atoms with Crippen molar-refractivity contribution in [2.45, 2.75) is 13.1 Å². The van der Waals surface area contributed by atoms with Gasteiger partial charge in [0.05, 0.1) is 6.17 Å². The fourth-order valence-electron chi connectivity index (χ4n) is 3.58. The lowest BCUT2D eigenvalue weighted by molar-refractivity contribution is 0.0979. The van der Waals surface area contributed by atoms with E-state index in [1.54, 1.807) is 52.5 Å². The Balaban J connectivity index is 1.88. The molecule has 1 unspecified atom stereocenters. The molecule has 0 aliphatic heterocycles. The number of hydrogen-bond donors (Lipinski definition) is 1. The van der Waals surface area contributed by atoms with Crippen LogP contribution < -0.4 is 10.7 Å². The van der Waals surface area contributed by atoms with Crippen molar-refractivity contribution < 1.29 is 9.59 Å². The second-order valence-electron chi connectivity index (χ2n) is 6.97. The molecule has 1 heterocycles. The summed E-state index contributed by atoms with van der Waals surface area (Å²) in [6, 6.07) is 12.0. The minimum absolute atomic E-state index is 0.183. The molecule has 0 bridgehead atoms. The Morgan fingerprint density at radius 3 is 2.14 bits per heavy atom. The second kappa shape index (κ2) is 7.16. The van der Waals surface area contributed by atoms with Crippen molar-refractivity contribution in [1.29, 1.82) is 0 Å². The Morgan fingerprint density at radius 2 is 1.48 bits per heavy atom. The molecule has 4 rings (SSSR count). The maximum atomic E-state index is 13.2. The number of nitrogens with zero attached hydrogens (tertiary/aromatic N) is 5. The van der Waals surface area contributed by atoms with Gasteiger partial charge in [0.1, 0.15) is 6.33 Å². The van der Waals surface area contributed by atoms with Gasteiger partial charge >= 0.3 is 0 Å². The van der Waals surface area contributed by atoms with Crippen LogP contribution in [0.5, 0.6) is 0 Å². The molecule has 8 nitrogen and oxygen atoms in total. The first-order valence-corrected chi connectivity index (χ1v) is 9.13. The Kier molecular flexibility index (Phi) is 4.65. The quantitative estimate of drug-likeness (QED) is 0.417. The molecule has 0 saturated heterocycles. The molecule has 0 fully saturated rings. The average Bonchev–Trinajstić information content (AvgIpc) is 2.71. The molecule has 0 amide bonds. The molecule has 8 heteroatoms. The van der Waals surface area contributed by atoms with Crippen LogP contribution in [0.2, 0.25) is 0 Å². The summed E-state index contributed by atoms with van der Waals surface area (Å²) in [4.78, 5) is 39.2. The fourth-order valence-corrected chi connectivity index (χ4v) is 3.58. The van der Waals surface area contributed by atoms with E-state index in [-0.39, 0.29) is 17.7 Å². The summed E-state index contributed by atoms with van der Waals surface area (Å²) in [5, 5.41) is 3.47. The molecule has 2 aromatic carbocycles. The Morgan fingerprint density at radius 1 is 0.862 bits per heavy atom. The SMILES string of the molecule is CC(N)N(c1ncnc(-c2cccc3c2C(=O)c2ccccc2C3=O)n1)N(C)C. The van der Waals surface area contributed by atoms with Gasteiger partial charge in [-0.1, -0.05) is 42.5 Å². The second-order valence-corrected chi connectivity index (χ2v) is 6.97. The summed E-state index contributed by atoms with van der Waals surface area (Å²) >= 11 is 0. The summed E-state index contributed by atoms with van der Waals surface area (Å²) in [6.45, 7) is 1.81. The number of hydrogen-bond acceptors (Lipinski definition) is 8. The molecule has 146 valence electrons. The van der Waals surface area contributed by atoms with Crippen LogP contribution >= 0.6 is 0 Å². The number of hydrazine groups is 1. The normalized spacial score (nSPS) is 13.8. The van der Waals surface area contributed by atoms with Crippen LogP contribution in [0.25, 0.3) is 11.4 Å².